The normalized spacial score (nSPS) is 14.5. The first kappa shape index (κ1) is 24.2. The Morgan fingerprint density at radius 1 is 0.700 bits per heavy atom. The van der Waals surface area contributed by atoms with Crippen LogP contribution in [0.25, 0.3) is 0 Å². The van der Waals surface area contributed by atoms with Crippen LogP contribution < -0.4 is 10.6 Å². The second-order valence-electron chi connectivity index (χ2n) is 9.25. The number of phenolic OH excluding ortho intramolecular Hbond substituents is 2. The summed E-state index contributed by atoms with van der Waals surface area (Å²) in [5, 5.41) is 46.7. The molecule has 0 saturated heterocycles. The molecule has 0 amide bonds. The van der Waals surface area contributed by atoms with E-state index in [1.165, 1.54) is 0 Å². The van der Waals surface area contributed by atoms with Gasteiger partial charge in [-0.2, -0.15) is 0 Å². The molecule has 2 rings (SSSR count). The van der Waals surface area contributed by atoms with E-state index in [1.54, 1.807) is 48.5 Å². The molecule has 0 bridgehead atoms. The molecular formula is C24H36N2O4. The number of aromatic hydroxyl groups is 2. The van der Waals surface area contributed by atoms with Crippen LogP contribution in [-0.4, -0.2) is 44.6 Å². The van der Waals surface area contributed by atoms with Crippen LogP contribution >= 0.6 is 0 Å². The third-order valence-electron chi connectivity index (χ3n) is 5.43. The molecule has 0 aliphatic heterocycles. The van der Waals surface area contributed by atoms with Crippen LogP contribution in [0.3, 0.4) is 0 Å². The number of aliphatic hydroxyl groups is 2. The summed E-state index contributed by atoms with van der Waals surface area (Å²) in [6.45, 7) is 9.17. The van der Waals surface area contributed by atoms with Crippen molar-refractivity contribution in [1.29, 1.82) is 0 Å². The van der Waals surface area contributed by atoms with Crippen molar-refractivity contribution >= 4 is 0 Å². The molecule has 2 atom stereocenters. The fraction of sp³-hybridized carbons (Fsp3) is 0.500. The minimum atomic E-state index is -0.694. The molecule has 0 heterocycles. The lowest BCUT2D eigenvalue weighted by atomic mass is 9.89. The van der Waals surface area contributed by atoms with Crippen molar-refractivity contribution in [2.24, 2.45) is 0 Å². The maximum atomic E-state index is 10.4. The van der Waals surface area contributed by atoms with Gasteiger partial charge in [0.25, 0.3) is 0 Å². The Morgan fingerprint density at radius 2 is 1.07 bits per heavy atom. The summed E-state index contributed by atoms with van der Waals surface area (Å²) in [6, 6.07) is 13.3. The lowest BCUT2D eigenvalue weighted by molar-refractivity contribution is 0.147. The van der Waals surface area contributed by atoms with E-state index in [4.69, 9.17) is 0 Å². The molecule has 2 aromatic carbocycles. The molecule has 166 valence electrons. The highest BCUT2D eigenvalue weighted by Gasteiger charge is 2.25. The molecule has 6 heteroatoms. The molecule has 0 spiro atoms. The fourth-order valence-corrected chi connectivity index (χ4v) is 3.25. The van der Waals surface area contributed by atoms with E-state index in [2.05, 4.69) is 38.3 Å². The van der Waals surface area contributed by atoms with E-state index >= 15 is 0 Å². The van der Waals surface area contributed by atoms with Gasteiger partial charge in [-0.25, -0.2) is 0 Å². The van der Waals surface area contributed by atoms with Crippen molar-refractivity contribution in [3.63, 3.8) is 0 Å². The largest absolute Gasteiger partial charge is 0.508 e. The van der Waals surface area contributed by atoms with Crippen LogP contribution in [0.1, 0.15) is 63.9 Å². The van der Waals surface area contributed by atoms with Crippen molar-refractivity contribution in [3.8, 4) is 11.5 Å². The molecule has 6 N–H and O–H groups in total. The highest BCUT2D eigenvalue weighted by molar-refractivity contribution is 5.29. The predicted octanol–water partition coefficient (Wildman–Crippen LogP) is 3.38. The van der Waals surface area contributed by atoms with Crippen molar-refractivity contribution < 1.29 is 20.4 Å². The number of nitrogens with one attached hydrogen (secondary N) is 2. The second kappa shape index (κ2) is 10.3. The van der Waals surface area contributed by atoms with E-state index in [-0.39, 0.29) is 22.6 Å². The van der Waals surface area contributed by atoms with E-state index in [0.717, 1.165) is 12.8 Å². The van der Waals surface area contributed by atoms with Gasteiger partial charge < -0.3 is 31.1 Å². The molecule has 0 aliphatic carbocycles. The van der Waals surface area contributed by atoms with E-state index < -0.39 is 12.2 Å². The van der Waals surface area contributed by atoms with Gasteiger partial charge in [-0.15, -0.1) is 0 Å². The average Bonchev–Trinajstić information content (AvgIpc) is 2.69. The molecule has 2 unspecified atom stereocenters. The maximum Gasteiger partial charge on any atom is 0.115 e. The zero-order valence-electron chi connectivity index (χ0n) is 18.4. The molecule has 0 radical (unpaired) electrons. The number of phenols is 2. The van der Waals surface area contributed by atoms with Crippen LogP contribution in [0, 0.1) is 0 Å². The zero-order chi connectivity index (χ0) is 22.4. The SMILES string of the molecule is CC(C)(CCC(C)(C)NCC(O)c1cccc(O)c1)NCC(O)c1cccc(O)c1. The fourth-order valence-electron chi connectivity index (χ4n) is 3.25. The Kier molecular flexibility index (Phi) is 8.26. The monoisotopic (exact) mass is 416 g/mol. The molecule has 2 aromatic rings. The number of β-amino-alcohol motifs (C(OH)–C–C–N with tert-alkyl or cyclic N) is 2. The second-order valence-corrected chi connectivity index (χ2v) is 9.25. The Hall–Kier alpha value is -2.12. The van der Waals surface area contributed by atoms with Crippen LogP contribution in [0.5, 0.6) is 11.5 Å². The van der Waals surface area contributed by atoms with Gasteiger partial charge in [-0.3, -0.25) is 0 Å². The number of benzene rings is 2. The van der Waals surface area contributed by atoms with Gasteiger partial charge in [0.05, 0.1) is 12.2 Å². The van der Waals surface area contributed by atoms with Crippen molar-refractivity contribution in [3.05, 3.63) is 59.7 Å². The number of rotatable bonds is 11. The summed E-state index contributed by atoms with van der Waals surface area (Å²) in [5.41, 5.74) is 0.976. The van der Waals surface area contributed by atoms with E-state index in [1.807, 2.05) is 0 Å². The third kappa shape index (κ3) is 7.95. The van der Waals surface area contributed by atoms with Gasteiger partial charge in [-0.05, 0) is 75.9 Å². The summed E-state index contributed by atoms with van der Waals surface area (Å²) >= 11 is 0. The average molecular weight is 417 g/mol. The van der Waals surface area contributed by atoms with Crippen LogP contribution in [0.15, 0.2) is 48.5 Å². The first-order chi connectivity index (χ1) is 14.0. The topological polar surface area (TPSA) is 105 Å². The first-order valence-corrected chi connectivity index (χ1v) is 10.4. The minimum absolute atomic E-state index is 0.145. The van der Waals surface area contributed by atoms with Gasteiger partial charge in [0, 0.05) is 24.2 Å². The molecule has 0 aromatic heterocycles. The molecule has 0 fully saturated rings. The number of hydrogen-bond donors (Lipinski definition) is 6. The van der Waals surface area contributed by atoms with Crippen LogP contribution in [-0.2, 0) is 0 Å². The third-order valence-corrected chi connectivity index (χ3v) is 5.43. The van der Waals surface area contributed by atoms with Gasteiger partial charge in [0.2, 0.25) is 0 Å². The van der Waals surface area contributed by atoms with E-state index in [0.29, 0.717) is 24.2 Å². The highest BCUT2D eigenvalue weighted by Crippen LogP contribution is 2.23. The summed E-state index contributed by atoms with van der Waals surface area (Å²) in [5.74, 6) is 0.290. The Balaban J connectivity index is 1.80. The molecule has 6 nitrogen and oxygen atoms in total. The molecule has 30 heavy (non-hydrogen) atoms. The van der Waals surface area contributed by atoms with Crippen LogP contribution in [0.2, 0.25) is 0 Å². The number of hydrogen-bond acceptors (Lipinski definition) is 6. The zero-order valence-corrected chi connectivity index (χ0v) is 18.4. The van der Waals surface area contributed by atoms with Crippen molar-refractivity contribution in [1.82, 2.24) is 10.6 Å². The maximum absolute atomic E-state index is 10.4. The van der Waals surface area contributed by atoms with Gasteiger partial charge in [0.1, 0.15) is 11.5 Å². The lowest BCUT2D eigenvalue weighted by Crippen LogP contribution is -2.46. The summed E-state index contributed by atoms with van der Waals surface area (Å²) < 4.78 is 0. The quantitative estimate of drug-likeness (QED) is 0.336. The van der Waals surface area contributed by atoms with Crippen LogP contribution in [0.4, 0.5) is 0 Å². The summed E-state index contributed by atoms with van der Waals surface area (Å²) in [4.78, 5) is 0. The molecule has 0 saturated carbocycles. The van der Waals surface area contributed by atoms with Gasteiger partial charge in [-0.1, -0.05) is 24.3 Å². The van der Waals surface area contributed by atoms with Gasteiger partial charge in [0.15, 0.2) is 0 Å². The highest BCUT2D eigenvalue weighted by atomic mass is 16.3. The predicted molar refractivity (Wildman–Crippen MR) is 120 cm³/mol. The molecule has 0 aliphatic rings. The first-order valence-electron chi connectivity index (χ1n) is 10.4. The van der Waals surface area contributed by atoms with Crippen molar-refractivity contribution in [2.75, 3.05) is 13.1 Å². The Morgan fingerprint density at radius 3 is 1.40 bits per heavy atom. The van der Waals surface area contributed by atoms with E-state index in [9.17, 15) is 20.4 Å². The molecular weight excluding hydrogens is 380 g/mol. The smallest absolute Gasteiger partial charge is 0.115 e. The summed E-state index contributed by atoms with van der Waals surface area (Å²) in [7, 11) is 0. The minimum Gasteiger partial charge on any atom is -0.508 e. The number of aliphatic hydroxyl groups excluding tert-OH is 2. The lowest BCUT2D eigenvalue weighted by Gasteiger charge is -2.34. The Bertz CT molecular complexity index is 740. The van der Waals surface area contributed by atoms with Crippen molar-refractivity contribution in [2.45, 2.75) is 63.8 Å². The van der Waals surface area contributed by atoms with Gasteiger partial charge >= 0.3 is 0 Å². The Labute approximate surface area is 179 Å². The summed E-state index contributed by atoms with van der Waals surface area (Å²) in [6.07, 6.45) is 0.337. The standard InChI is InChI=1S/C24H36N2O4/c1-23(2,25-15-21(29)17-7-5-9-19(27)13-17)11-12-24(3,4)26-16-22(30)18-8-6-10-20(28)14-18/h5-10,13-14,21-22,25-30H,11-12,15-16H2,1-4H3.